The van der Waals surface area contributed by atoms with Crippen LogP contribution in [0.25, 0.3) is 0 Å². The van der Waals surface area contributed by atoms with Gasteiger partial charge >= 0.3 is 5.97 Å². The van der Waals surface area contributed by atoms with Crippen LogP contribution in [0, 0.1) is 6.92 Å². The quantitative estimate of drug-likeness (QED) is 0.651. The SMILES string of the molecule is CCOC(=O)c1sc(=NC(=O)c2ccc(S(=O)(=O)N3CCCCC3)cc2)n(C)c1C. The number of benzene rings is 1. The molecule has 2 heterocycles. The number of carbonyl (C=O) groups is 2. The van der Waals surface area contributed by atoms with Crippen molar-refractivity contribution in [3.8, 4) is 0 Å². The van der Waals surface area contributed by atoms with Crippen molar-refractivity contribution in [3.05, 3.63) is 45.2 Å². The summed E-state index contributed by atoms with van der Waals surface area (Å²) in [6.45, 7) is 4.79. The number of ether oxygens (including phenoxy) is 1. The number of nitrogens with zero attached hydrogens (tertiary/aromatic N) is 3. The number of rotatable bonds is 5. The molecule has 1 aromatic carbocycles. The molecule has 0 atom stereocenters. The number of carbonyl (C=O) groups excluding carboxylic acids is 2. The molecule has 162 valence electrons. The largest absolute Gasteiger partial charge is 0.462 e. The fourth-order valence-corrected chi connectivity index (χ4v) is 5.72. The maximum Gasteiger partial charge on any atom is 0.350 e. The highest BCUT2D eigenvalue weighted by molar-refractivity contribution is 7.89. The molecule has 0 unspecified atom stereocenters. The van der Waals surface area contributed by atoms with Gasteiger partial charge in [-0.1, -0.05) is 17.8 Å². The lowest BCUT2D eigenvalue weighted by atomic mass is 10.2. The molecule has 8 nitrogen and oxygen atoms in total. The third-order valence-electron chi connectivity index (χ3n) is 5.02. The van der Waals surface area contributed by atoms with Gasteiger partial charge in [0.15, 0.2) is 4.80 Å². The van der Waals surface area contributed by atoms with Crippen molar-refractivity contribution in [2.75, 3.05) is 19.7 Å². The summed E-state index contributed by atoms with van der Waals surface area (Å²) in [6.07, 6.45) is 2.76. The van der Waals surface area contributed by atoms with E-state index in [4.69, 9.17) is 4.74 Å². The van der Waals surface area contributed by atoms with Crippen molar-refractivity contribution in [1.29, 1.82) is 0 Å². The fourth-order valence-electron chi connectivity index (χ4n) is 3.19. The lowest BCUT2D eigenvalue weighted by Gasteiger charge is -2.25. The smallest absolute Gasteiger partial charge is 0.350 e. The van der Waals surface area contributed by atoms with Crippen LogP contribution in [0.4, 0.5) is 0 Å². The summed E-state index contributed by atoms with van der Waals surface area (Å²) >= 11 is 1.08. The second-order valence-corrected chi connectivity index (χ2v) is 9.90. The highest BCUT2D eigenvalue weighted by Gasteiger charge is 2.26. The Morgan fingerprint density at radius 1 is 1.13 bits per heavy atom. The summed E-state index contributed by atoms with van der Waals surface area (Å²) < 4.78 is 33.6. The van der Waals surface area contributed by atoms with E-state index in [-0.39, 0.29) is 17.1 Å². The Kier molecular flexibility index (Phi) is 6.89. The van der Waals surface area contributed by atoms with E-state index in [1.807, 2.05) is 0 Å². The minimum Gasteiger partial charge on any atom is -0.462 e. The van der Waals surface area contributed by atoms with E-state index in [1.165, 1.54) is 28.6 Å². The Balaban J connectivity index is 1.85. The first-order chi connectivity index (χ1) is 14.3. The van der Waals surface area contributed by atoms with Crippen molar-refractivity contribution >= 4 is 33.2 Å². The van der Waals surface area contributed by atoms with Crippen molar-refractivity contribution in [3.63, 3.8) is 0 Å². The maximum atomic E-state index is 12.7. The summed E-state index contributed by atoms with van der Waals surface area (Å²) in [5.41, 5.74) is 0.935. The zero-order valence-corrected chi connectivity index (χ0v) is 18.9. The van der Waals surface area contributed by atoms with Crippen LogP contribution in [0.15, 0.2) is 34.2 Å². The first-order valence-electron chi connectivity index (χ1n) is 9.78. The number of thiazole rings is 1. The van der Waals surface area contributed by atoms with Crippen LogP contribution in [-0.2, 0) is 21.8 Å². The molecule has 1 aliphatic heterocycles. The van der Waals surface area contributed by atoms with Gasteiger partial charge in [-0.25, -0.2) is 13.2 Å². The van der Waals surface area contributed by atoms with Gasteiger partial charge in [-0.15, -0.1) is 0 Å². The van der Waals surface area contributed by atoms with Crippen LogP contribution >= 0.6 is 11.3 Å². The fraction of sp³-hybridized carbons (Fsp3) is 0.450. The first-order valence-corrected chi connectivity index (χ1v) is 12.0. The number of aromatic nitrogens is 1. The van der Waals surface area contributed by atoms with Crippen molar-refractivity contribution in [2.24, 2.45) is 12.0 Å². The first kappa shape index (κ1) is 22.4. The molecule has 0 saturated carbocycles. The Labute approximate surface area is 179 Å². The van der Waals surface area contributed by atoms with Gasteiger partial charge in [0.25, 0.3) is 5.91 Å². The number of hydrogen-bond acceptors (Lipinski definition) is 6. The van der Waals surface area contributed by atoms with E-state index in [0.717, 1.165) is 30.6 Å². The summed E-state index contributed by atoms with van der Waals surface area (Å²) in [5.74, 6) is -0.957. The molecule has 1 aromatic heterocycles. The standard InChI is InChI=1S/C20H25N3O5S2/c1-4-28-19(25)17-14(2)22(3)20(29-17)21-18(24)15-8-10-16(11-9-15)30(26,27)23-12-6-5-7-13-23/h8-11H,4-7,12-13H2,1-3H3. The van der Waals surface area contributed by atoms with Crippen LogP contribution in [-0.4, -0.2) is 48.9 Å². The molecule has 0 bridgehead atoms. The molecule has 30 heavy (non-hydrogen) atoms. The number of piperidine rings is 1. The number of esters is 1. The summed E-state index contributed by atoms with van der Waals surface area (Å²) in [4.78, 5) is 29.7. The molecule has 0 spiro atoms. The molecule has 0 N–H and O–H groups in total. The third kappa shape index (κ3) is 4.55. The zero-order chi connectivity index (χ0) is 21.9. The van der Waals surface area contributed by atoms with Gasteiger partial charge in [-0.2, -0.15) is 9.30 Å². The number of amides is 1. The van der Waals surface area contributed by atoms with Crippen LogP contribution in [0.1, 0.15) is 51.9 Å². The molecular weight excluding hydrogens is 426 g/mol. The van der Waals surface area contributed by atoms with Gasteiger partial charge in [-0.3, -0.25) is 4.79 Å². The van der Waals surface area contributed by atoms with E-state index in [1.54, 1.807) is 25.5 Å². The van der Waals surface area contributed by atoms with Gasteiger partial charge < -0.3 is 9.30 Å². The Hall–Kier alpha value is -2.30. The normalized spacial score (nSPS) is 15.9. The van der Waals surface area contributed by atoms with Crippen LogP contribution in [0.5, 0.6) is 0 Å². The summed E-state index contributed by atoms with van der Waals surface area (Å²) in [5, 5.41) is 0. The van der Waals surface area contributed by atoms with Gasteiger partial charge in [0, 0.05) is 31.4 Å². The van der Waals surface area contributed by atoms with E-state index < -0.39 is 21.9 Å². The van der Waals surface area contributed by atoms with Gasteiger partial charge in [0.2, 0.25) is 10.0 Å². The van der Waals surface area contributed by atoms with Crippen molar-refractivity contribution in [1.82, 2.24) is 8.87 Å². The molecule has 10 heteroatoms. The Bertz CT molecular complexity index is 1110. The van der Waals surface area contributed by atoms with E-state index in [2.05, 4.69) is 4.99 Å². The van der Waals surface area contributed by atoms with Crippen molar-refractivity contribution < 1.29 is 22.7 Å². The monoisotopic (exact) mass is 451 g/mol. The summed E-state index contributed by atoms with van der Waals surface area (Å²) in [7, 11) is -1.83. The Morgan fingerprint density at radius 2 is 1.77 bits per heavy atom. The third-order valence-corrected chi connectivity index (χ3v) is 8.15. The molecule has 1 saturated heterocycles. The predicted molar refractivity (Wildman–Crippen MR) is 113 cm³/mol. The van der Waals surface area contributed by atoms with E-state index in [9.17, 15) is 18.0 Å². The average Bonchev–Trinajstić information content (AvgIpc) is 3.03. The van der Waals surface area contributed by atoms with E-state index >= 15 is 0 Å². The van der Waals surface area contributed by atoms with Crippen LogP contribution in [0.3, 0.4) is 0 Å². The summed E-state index contributed by atoms with van der Waals surface area (Å²) in [6, 6.07) is 5.82. The molecule has 1 amide bonds. The Morgan fingerprint density at radius 3 is 2.37 bits per heavy atom. The predicted octanol–water partition coefficient (Wildman–Crippen LogP) is 2.49. The van der Waals surface area contributed by atoms with Gasteiger partial charge in [0.05, 0.1) is 11.5 Å². The van der Waals surface area contributed by atoms with Crippen LogP contribution in [0.2, 0.25) is 0 Å². The van der Waals surface area contributed by atoms with Crippen LogP contribution < -0.4 is 4.80 Å². The molecule has 3 rings (SSSR count). The average molecular weight is 452 g/mol. The minimum atomic E-state index is -3.55. The maximum absolute atomic E-state index is 12.7. The second kappa shape index (κ2) is 9.23. The lowest BCUT2D eigenvalue weighted by Crippen LogP contribution is -2.35. The van der Waals surface area contributed by atoms with Gasteiger partial charge in [0.1, 0.15) is 4.88 Å². The second-order valence-electron chi connectivity index (χ2n) is 6.98. The number of hydrogen-bond donors (Lipinski definition) is 0. The van der Waals surface area contributed by atoms with E-state index in [0.29, 0.717) is 28.5 Å². The van der Waals surface area contributed by atoms with Crippen molar-refractivity contribution in [2.45, 2.75) is 38.0 Å². The molecule has 2 aromatic rings. The topological polar surface area (TPSA) is 98.0 Å². The van der Waals surface area contributed by atoms with Gasteiger partial charge in [-0.05, 0) is 51.0 Å². The number of sulfonamides is 1. The zero-order valence-electron chi connectivity index (χ0n) is 17.3. The molecule has 1 fully saturated rings. The highest BCUT2D eigenvalue weighted by Crippen LogP contribution is 2.21. The molecule has 0 aliphatic carbocycles. The molecular formula is C20H25N3O5S2. The minimum absolute atomic E-state index is 0.170. The lowest BCUT2D eigenvalue weighted by molar-refractivity contribution is 0.0530. The molecule has 1 aliphatic rings. The molecule has 0 radical (unpaired) electrons. The highest BCUT2D eigenvalue weighted by atomic mass is 32.2.